The lowest BCUT2D eigenvalue weighted by Crippen LogP contribution is -2.33. The molecule has 2 N–H and O–H groups in total. The number of hydrogen-bond donors (Lipinski definition) is 2. The average molecular weight is 383 g/mol. The van der Waals surface area contributed by atoms with Gasteiger partial charge in [0.25, 0.3) is 5.91 Å². The monoisotopic (exact) mass is 382 g/mol. The lowest BCUT2D eigenvalue weighted by molar-refractivity contribution is 0.0947. The van der Waals surface area contributed by atoms with Crippen LogP contribution in [0.15, 0.2) is 24.3 Å². The Morgan fingerprint density at radius 3 is 2.85 bits per heavy atom. The Kier molecular flexibility index (Phi) is 7.56. The van der Waals surface area contributed by atoms with E-state index in [4.69, 9.17) is 4.74 Å². The molecule has 8 heteroatoms. The van der Waals surface area contributed by atoms with Gasteiger partial charge in [0.1, 0.15) is 11.5 Å². The average Bonchev–Trinajstić information content (AvgIpc) is 3.21. The summed E-state index contributed by atoms with van der Waals surface area (Å²) >= 11 is 0. The maximum Gasteiger partial charge on any atom is 0.272 e. The van der Waals surface area contributed by atoms with Crippen LogP contribution in [0, 0.1) is 5.82 Å². The zero-order chi connectivity index (χ0) is 17.6. The van der Waals surface area contributed by atoms with Crippen LogP contribution in [-0.4, -0.2) is 49.0 Å². The van der Waals surface area contributed by atoms with Gasteiger partial charge in [0.15, 0.2) is 5.69 Å². The highest BCUT2D eigenvalue weighted by atomic mass is 35.5. The van der Waals surface area contributed by atoms with Crippen molar-refractivity contribution >= 4 is 18.3 Å². The minimum Gasteiger partial charge on any atom is -0.383 e. The molecule has 142 valence electrons. The minimum absolute atomic E-state index is 0. The second-order valence-corrected chi connectivity index (χ2v) is 5.99. The minimum atomic E-state index is -0.339. The van der Waals surface area contributed by atoms with E-state index in [1.807, 2.05) is 0 Å². The summed E-state index contributed by atoms with van der Waals surface area (Å²) in [5, 5.41) is 10.5. The van der Waals surface area contributed by atoms with Crippen molar-refractivity contribution < 1.29 is 13.9 Å². The van der Waals surface area contributed by atoms with Gasteiger partial charge in [-0.15, -0.1) is 12.4 Å². The van der Waals surface area contributed by atoms with Crippen LogP contribution in [0.1, 0.15) is 28.2 Å². The van der Waals surface area contributed by atoms with Crippen molar-refractivity contribution in [1.82, 2.24) is 20.4 Å². The number of methoxy groups -OCH3 is 1. The number of amides is 1. The first-order chi connectivity index (χ1) is 12.2. The Morgan fingerprint density at radius 1 is 1.27 bits per heavy atom. The van der Waals surface area contributed by atoms with Gasteiger partial charge in [-0.25, -0.2) is 9.07 Å². The highest BCUT2D eigenvalue weighted by molar-refractivity contribution is 5.94. The molecule has 3 rings (SSSR count). The van der Waals surface area contributed by atoms with Crippen molar-refractivity contribution in [3.05, 3.63) is 47.0 Å². The number of rotatable bonds is 8. The van der Waals surface area contributed by atoms with Gasteiger partial charge in [0.05, 0.1) is 6.61 Å². The lowest BCUT2D eigenvalue weighted by atomic mass is 10.2. The third-order valence-corrected chi connectivity index (χ3v) is 4.30. The van der Waals surface area contributed by atoms with Crippen molar-refractivity contribution in [3.8, 4) is 5.69 Å². The summed E-state index contributed by atoms with van der Waals surface area (Å²) in [4.78, 5) is 12.5. The molecular formula is C18H24ClFN4O2. The van der Waals surface area contributed by atoms with Crippen LogP contribution in [0.2, 0.25) is 0 Å². The Balaban J connectivity index is 0.00000243. The van der Waals surface area contributed by atoms with Gasteiger partial charge < -0.3 is 15.4 Å². The SMILES string of the molecule is COCCNCCNC(=O)c1nn(-c2ccccc2F)c2c1CCC2.Cl. The third kappa shape index (κ3) is 4.41. The van der Waals surface area contributed by atoms with E-state index in [0.29, 0.717) is 31.1 Å². The number of carbonyl (C=O) groups is 1. The number of hydrogen-bond acceptors (Lipinski definition) is 4. The largest absolute Gasteiger partial charge is 0.383 e. The highest BCUT2D eigenvalue weighted by Gasteiger charge is 2.27. The lowest BCUT2D eigenvalue weighted by Gasteiger charge is -2.07. The molecule has 26 heavy (non-hydrogen) atoms. The summed E-state index contributed by atoms with van der Waals surface area (Å²) in [7, 11) is 1.65. The van der Waals surface area contributed by atoms with Gasteiger partial charge in [-0.05, 0) is 31.4 Å². The Hall–Kier alpha value is -1.96. The number of benzene rings is 1. The molecule has 1 aromatic heterocycles. The molecule has 1 heterocycles. The maximum absolute atomic E-state index is 14.1. The molecule has 0 unspecified atom stereocenters. The van der Waals surface area contributed by atoms with Crippen LogP contribution in [0.25, 0.3) is 5.69 Å². The number of nitrogens with zero attached hydrogens (tertiary/aromatic N) is 2. The van der Waals surface area contributed by atoms with Gasteiger partial charge in [-0.2, -0.15) is 5.10 Å². The van der Waals surface area contributed by atoms with Crippen LogP contribution in [0.4, 0.5) is 4.39 Å². The molecule has 0 saturated heterocycles. The van der Waals surface area contributed by atoms with Gasteiger partial charge in [-0.3, -0.25) is 4.79 Å². The van der Waals surface area contributed by atoms with E-state index in [0.717, 1.165) is 37.1 Å². The molecular weight excluding hydrogens is 359 g/mol. The molecule has 1 aliphatic rings. The molecule has 0 fully saturated rings. The van der Waals surface area contributed by atoms with Crippen LogP contribution in [0.3, 0.4) is 0 Å². The first-order valence-electron chi connectivity index (χ1n) is 8.56. The number of nitrogens with one attached hydrogen (secondary N) is 2. The summed E-state index contributed by atoms with van der Waals surface area (Å²) in [5.41, 5.74) is 2.68. The van der Waals surface area contributed by atoms with Crippen molar-refractivity contribution in [2.24, 2.45) is 0 Å². The molecule has 0 aliphatic heterocycles. The molecule has 0 saturated carbocycles. The molecule has 0 spiro atoms. The summed E-state index contributed by atoms with van der Waals surface area (Å²) in [6, 6.07) is 6.51. The fraction of sp³-hybridized carbons (Fsp3) is 0.444. The fourth-order valence-corrected chi connectivity index (χ4v) is 3.09. The van der Waals surface area contributed by atoms with E-state index >= 15 is 0 Å². The smallest absolute Gasteiger partial charge is 0.272 e. The highest BCUT2D eigenvalue weighted by Crippen LogP contribution is 2.28. The van der Waals surface area contributed by atoms with E-state index in [9.17, 15) is 9.18 Å². The Morgan fingerprint density at radius 2 is 2.08 bits per heavy atom. The Labute approximate surface area is 158 Å². The second-order valence-electron chi connectivity index (χ2n) is 5.99. The van der Waals surface area contributed by atoms with Crippen LogP contribution < -0.4 is 10.6 Å². The summed E-state index contributed by atoms with van der Waals surface area (Å²) in [6.07, 6.45) is 2.57. The van der Waals surface area contributed by atoms with E-state index in [1.54, 1.807) is 30.0 Å². The fourth-order valence-electron chi connectivity index (χ4n) is 3.09. The predicted octanol–water partition coefficient (Wildman–Crippen LogP) is 1.89. The molecule has 0 radical (unpaired) electrons. The van der Waals surface area contributed by atoms with E-state index in [2.05, 4.69) is 15.7 Å². The van der Waals surface area contributed by atoms with Crippen molar-refractivity contribution in [2.45, 2.75) is 19.3 Å². The van der Waals surface area contributed by atoms with Gasteiger partial charge >= 0.3 is 0 Å². The zero-order valence-electron chi connectivity index (χ0n) is 14.8. The van der Waals surface area contributed by atoms with Gasteiger partial charge in [0, 0.05) is 38.0 Å². The molecule has 0 bridgehead atoms. The van der Waals surface area contributed by atoms with E-state index in [1.165, 1.54) is 6.07 Å². The normalized spacial score (nSPS) is 12.5. The molecule has 0 atom stereocenters. The van der Waals surface area contributed by atoms with Crippen LogP contribution in [0.5, 0.6) is 0 Å². The van der Waals surface area contributed by atoms with E-state index < -0.39 is 0 Å². The quantitative estimate of drug-likeness (QED) is 0.684. The molecule has 1 aromatic carbocycles. The standard InChI is InChI=1S/C18H23FN4O2.ClH/c1-25-12-11-20-9-10-21-18(24)17-13-5-4-8-15(13)23(22-17)16-7-3-2-6-14(16)19;/h2-3,6-7,20H,4-5,8-12H2,1H3,(H,21,24);1H. The first-order valence-corrected chi connectivity index (χ1v) is 8.56. The van der Waals surface area contributed by atoms with Crippen molar-refractivity contribution in [3.63, 3.8) is 0 Å². The molecule has 1 amide bonds. The number of carbonyl (C=O) groups excluding carboxylic acids is 1. The molecule has 1 aliphatic carbocycles. The van der Waals surface area contributed by atoms with Gasteiger partial charge in [0.2, 0.25) is 0 Å². The summed E-state index contributed by atoms with van der Waals surface area (Å²) < 4.78 is 20.7. The first kappa shape index (κ1) is 20.4. The molecule has 6 nitrogen and oxygen atoms in total. The second kappa shape index (κ2) is 9.66. The zero-order valence-corrected chi connectivity index (χ0v) is 15.6. The third-order valence-electron chi connectivity index (χ3n) is 4.30. The number of aromatic nitrogens is 2. The summed E-state index contributed by atoms with van der Waals surface area (Å²) in [5.74, 6) is -0.546. The number of ether oxygens (including phenoxy) is 1. The van der Waals surface area contributed by atoms with Crippen LogP contribution >= 0.6 is 12.4 Å². The number of halogens is 2. The summed E-state index contributed by atoms with van der Waals surface area (Å²) in [6.45, 7) is 2.54. The number of para-hydroxylation sites is 1. The van der Waals surface area contributed by atoms with Crippen molar-refractivity contribution in [1.29, 1.82) is 0 Å². The number of fused-ring (bicyclic) bond motifs is 1. The predicted molar refractivity (Wildman–Crippen MR) is 99.9 cm³/mol. The topological polar surface area (TPSA) is 68.2 Å². The molecule has 2 aromatic rings. The van der Waals surface area contributed by atoms with Gasteiger partial charge in [-0.1, -0.05) is 12.1 Å². The maximum atomic E-state index is 14.1. The van der Waals surface area contributed by atoms with Crippen LogP contribution in [-0.2, 0) is 17.6 Å². The Bertz CT molecular complexity index is 751. The van der Waals surface area contributed by atoms with Crippen molar-refractivity contribution in [2.75, 3.05) is 33.4 Å². The van der Waals surface area contributed by atoms with E-state index in [-0.39, 0.29) is 24.1 Å².